The Balaban J connectivity index is 1.51. The van der Waals surface area contributed by atoms with Gasteiger partial charge in [-0.1, -0.05) is 24.3 Å². The maximum Gasteiger partial charge on any atom is 0.391 e. The monoisotopic (exact) mass is 297 g/mol. The lowest BCUT2D eigenvalue weighted by Crippen LogP contribution is -2.36. The summed E-state index contributed by atoms with van der Waals surface area (Å²) in [6.45, 7) is 0.786. The van der Waals surface area contributed by atoms with E-state index in [2.05, 4.69) is 23.5 Å². The van der Waals surface area contributed by atoms with Gasteiger partial charge in [-0.2, -0.15) is 13.2 Å². The summed E-state index contributed by atoms with van der Waals surface area (Å²) in [5, 5.41) is 3.47. The molecule has 0 amide bonds. The Bertz CT molecular complexity index is 471. The summed E-state index contributed by atoms with van der Waals surface area (Å²) in [4.78, 5) is 0. The maximum absolute atomic E-state index is 12.6. The van der Waals surface area contributed by atoms with Crippen molar-refractivity contribution in [3.05, 3.63) is 35.4 Å². The summed E-state index contributed by atoms with van der Waals surface area (Å²) >= 11 is 0. The van der Waals surface area contributed by atoms with Gasteiger partial charge in [-0.05, 0) is 55.6 Å². The van der Waals surface area contributed by atoms with E-state index in [0.29, 0.717) is 18.8 Å². The minimum atomic E-state index is -4.01. The van der Waals surface area contributed by atoms with E-state index in [4.69, 9.17) is 0 Å². The van der Waals surface area contributed by atoms with Crippen molar-refractivity contribution in [3.63, 3.8) is 0 Å². The average Bonchev–Trinajstić information content (AvgIpc) is 3.29. The number of hydrogen-bond acceptors (Lipinski definition) is 1. The van der Waals surface area contributed by atoms with Gasteiger partial charge in [0.15, 0.2) is 0 Å². The summed E-state index contributed by atoms with van der Waals surface area (Å²) in [5.41, 5.74) is 2.74. The number of halogens is 3. The summed E-state index contributed by atoms with van der Waals surface area (Å²) in [5.74, 6) is -0.377. The molecule has 2 saturated carbocycles. The van der Waals surface area contributed by atoms with Crippen molar-refractivity contribution in [1.29, 1.82) is 0 Å². The molecular weight excluding hydrogens is 275 g/mol. The van der Waals surface area contributed by atoms with Gasteiger partial charge in [-0.15, -0.1) is 0 Å². The van der Waals surface area contributed by atoms with E-state index in [9.17, 15) is 13.2 Å². The topological polar surface area (TPSA) is 12.0 Å². The standard InChI is InChI=1S/C17H22F3N/c18-17(19,20)14-7-9-15(10-8-14)21-11-13-3-1-2-4-16(13)12-5-6-12/h1-4,12,14-15,21H,5-11H2. The molecule has 0 unspecified atom stereocenters. The van der Waals surface area contributed by atoms with Crippen molar-refractivity contribution in [2.75, 3.05) is 0 Å². The van der Waals surface area contributed by atoms with Gasteiger partial charge >= 0.3 is 6.18 Å². The van der Waals surface area contributed by atoms with Crippen molar-refractivity contribution >= 4 is 0 Å². The van der Waals surface area contributed by atoms with Gasteiger partial charge in [-0.3, -0.25) is 0 Å². The molecule has 0 radical (unpaired) electrons. The van der Waals surface area contributed by atoms with E-state index in [1.54, 1.807) is 0 Å². The molecule has 0 spiro atoms. The number of nitrogens with one attached hydrogen (secondary N) is 1. The second-order valence-corrected chi connectivity index (χ2v) is 6.44. The molecule has 0 saturated heterocycles. The van der Waals surface area contributed by atoms with Crippen LogP contribution in [0, 0.1) is 5.92 Å². The Labute approximate surface area is 123 Å². The number of hydrogen-bond donors (Lipinski definition) is 1. The fourth-order valence-corrected chi connectivity index (χ4v) is 3.37. The molecule has 0 heterocycles. The smallest absolute Gasteiger partial charge is 0.310 e. The number of benzene rings is 1. The summed E-state index contributed by atoms with van der Waals surface area (Å²) in [7, 11) is 0. The van der Waals surface area contributed by atoms with Crippen molar-refractivity contribution in [3.8, 4) is 0 Å². The van der Waals surface area contributed by atoms with Gasteiger partial charge in [0.2, 0.25) is 0 Å². The first-order valence-electron chi connectivity index (χ1n) is 7.92. The van der Waals surface area contributed by atoms with Crippen LogP contribution in [0.5, 0.6) is 0 Å². The summed E-state index contributed by atoms with van der Waals surface area (Å²) in [6.07, 6.45) is 0.341. The van der Waals surface area contributed by atoms with Gasteiger partial charge in [0.1, 0.15) is 0 Å². The lowest BCUT2D eigenvalue weighted by atomic mass is 9.85. The van der Waals surface area contributed by atoms with E-state index < -0.39 is 12.1 Å². The van der Waals surface area contributed by atoms with Crippen LogP contribution in [-0.4, -0.2) is 12.2 Å². The Morgan fingerprint density at radius 2 is 1.62 bits per heavy atom. The van der Waals surface area contributed by atoms with Gasteiger partial charge in [0.05, 0.1) is 5.92 Å². The third kappa shape index (κ3) is 3.79. The summed E-state index contributed by atoms with van der Waals surface area (Å²) < 4.78 is 37.9. The molecule has 0 bridgehead atoms. The van der Waals surface area contributed by atoms with Gasteiger partial charge in [-0.25, -0.2) is 0 Å². The maximum atomic E-state index is 12.6. The van der Waals surface area contributed by atoms with Crippen LogP contribution in [0.15, 0.2) is 24.3 Å². The highest BCUT2D eigenvalue weighted by atomic mass is 19.4. The number of rotatable bonds is 4. The van der Waals surface area contributed by atoms with Crippen LogP contribution in [0.1, 0.15) is 55.6 Å². The molecule has 0 aromatic heterocycles. The Hall–Kier alpha value is -1.03. The van der Waals surface area contributed by atoms with Gasteiger partial charge in [0, 0.05) is 12.6 Å². The van der Waals surface area contributed by atoms with Crippen LogP contribution < -0.4 is 5.32 Å². The zero-order valence-corrected chi connectivity index (χ0v) is 12.1. The lowest BCUT2D eigenvalue weighted by Gasteiger charge is -2.30. The molecule has 2 aliphatic carbocycles. The molecule has 0 aliphatic heterocycles. The second kappa shape index (κ2) is 5.99. The zero-order chi connectivity index (χ0) is 14.9. The Morgan fingerprint density at radius 3 is 2.24 bits per heavy atom. The molecule has 4 heteroatoms. The van der Waals surface area contributed by atoms with Crippen LogP contribution in [0.4, 0.5) is 13.2 Å². The normalized spacial score (nSPS) is 26.8. The Kier molecular flexibility index (Phi) is 4.25. The molecule has 2 fully saturated rings. The first-order valence-corrected chi connectivity index (χ1v) is 7.92. The zero-order valence-electron chi connectivity index (χ0n) is 12.1. The fourth-order valence-electron chi connectivity index (χ4n) is 3.37. The summed E-state index contributed by atoms with van der Waals surface area (Å²) in [6, 6.07) is 8.68. The van der Waals surface area contributed by atoms with Gasteiger partial charge in [0.25, 0.3) is 0 Å². The molecule has 116 valence electrons. The fraction of sp³-hybridized carbons (Fsp3) is 0.647. The van der Waals surface area contributed by atoms with Crippen LogP contribution in [-0.2, 0) is 6.54 Å². The van der Waals surface area contributed by atoms with Crippen LogP contribution >= 0.6 is 0 Å². The third-order valence-corrected chi connectivity index (χ3v) is 4.84. The van der Waals surface area contributed by atoms with E-state index >= 15 is 0 Å². The third-order valence-electron chi connectivity index (χ3n) is 4.84. The lowest BCUT2D eigenvalue weighted by molar-refractivity contribution is -0.182. The van der Waals surface area contributed by atoms with Crippen molar-refractivity contribution < 1.29 is 13.2 Å². The van der Waals surface area contributed by atoms with Crippen molar-refractivity contribution in [2.24, 2.45) is 5.92 Å². The van der Waals surface area contributed by atoms with Gasteiger partial charge < -0.3 is 5.32 Å². The average molecular weight is 297 g/mol. The quantitative estimate of drug-likeness (QED) is 0.843. The second-order valence-electron chi connectivity index (χ2n) is 6.44. The predicted molar refractivity (Wildman–Crippen MR) is 77.1 cm³/mol. The molecule has 1 N–H and O–H groups in total. The highest BCUT2D eigenvalue weighted by Gasteiger charge is 2.41. The first kappa shape index (κ1) is 14.9. The molecule has 21 heavy (non-hydrogen) atoms. The highest BCUT2D eigenvalue weighted by molar-refractivity contribution is 5.33. The molecule has 2 aliphatic rings. The highest BCUT2D eigenvalue weighted by Crippen LogP contribution is 2.42. The minimum Gasteiger partial charge on any atom is -0.310 e. The van der Waals surface area contributed by atoms with E-state index in [0.717, 1.165) is 6.54 Å². The predicted octanol–water partition coefficient (Wildman–Crippen LogP) is 4.77. The minimum absolute atomic E-state index is 0.232. The van der Waals surface area contributed by atoms with Crippen LogP contribution in [0.3, 0.4) is 0 Å². The molecule has 1 aromatic rings. The van der Waals surface area contributed by atoms with E-state index in [1.807, 2.05) is 6.07 Å². The Morgan fingerprint density at radius 1 is 0.952 bits per heavy atom. The molecule has 3 rings (SSSR count). The molecular formula is C17H22F3N. The molecule has 1 nitrogen and oxygen atoms in total. The molecule has 1 aromatic carbocycles. The SMILES string of the molecule is FC(F)(F)C1CCC(NCc2ccccc2C2CC2)CC1. The first-order chi connectivity index (χ1) is 10.0. The van der Waals surface area contributed by atoms with Crippen molar-refractivity contribution in [2.45, 2.75) is 63.2 Å². The van der Waals surface area contributed by atoms with Crippen molar-refractivity contribution in [1.82, 2.24) is 5.32 Å². The van der Waals surface area contributed by atoms with E-state index in [1.165, 1.54) is 24.0 Å². The molecule has 0 atom stereocenters. The number of alkyl halides is 3. The van der Waals surface area contributed by atoms with E-state index in [-0.39, 0.29) is 18.9 Å². The van der Waals surface area contributed by atoms with Crippen LogP contribution in [0.25, 0.3) is 0 Å². The largest absolute Gasteiger partial charge is 0.391 e. The van der Waals surface area contributed by atoms with Crippen LogP contribution in [0.2, 0.25) is 0 Å².